The second-order valence-corrected chi connectivity index (χ2v) is 11.0. The monoisotopic (exact) mass is 656 g/mol. The Labute approximate surface area is 247 Å². The zero-order chi connectivity index (χ0) is 27.5. The van der Waals surface area contributed by atoms with Crippen LogP contribution in [0, 0.1) is 0 Å². The number of rotatable bonds is 7. The van der Waals surface area contributed by atoms with Crippen LogP contribution in [0.4, 0.5) is 0 Å². The third-order valence-electron chi connectivity index (χ3n) is 6.51. The molecule has 1 aromatic heterocycles. The van der Waals surface area contributed by atoms with Crippen molar-refractivity contribution in [3.63, 3.8) is 0 Å². The van der Waals surface area contributed by atoms with Gasteiger partial charge in [0.1, 0.15) is 5.75 Å². The molecule has 5 aromatic rings. The van der Waals surface area contributed by atoms with Gasteiger partial charge in [0.25, 0.3) is 5.91 Å². The number of benzene rings is 4. The number of hydrazone groups is 1. The topological polar surface area (TPSA) is 80.8 Å². The van der Waals surface area contributed by atoms with E-state index in [1.807, 2.05) is 91.0 Å². The summed E-state index contributed by atoms with van der Waals surface area (Å²) < 4.78 is 13.7. The summed E-state index contributed by atoms with van der Waals surface area (Å²) in [4.78, 5) is 13.4. The van der Waals surface area contributed by atoms with Crippen LogP contribution in [0.5, 0.6) is 5.75 Å². The summed E-state index contributed by atoms with van der Waals surface area (Å²) >= 11 is 6.97. The van der Waals surface area contributed by atoms with Gasteiger partial charge in [-0.25, -0.2) is 5.01 Å². The van der Waals surface area contributed by atoms with Crippen molar-refractivity contribution in [1.29, 1.82) is 0 Å². The van der Waals surface area contributed by atoms with Gasteiger partial charge in [0.2, 0.25) is 11.8 Å². The van der Waals surface area contributed by atoms with Crippen LogP contribution in [0.2, 0.25) is 0 Å². The van der Waals surface area contributed by atoms with E-state index in [-0.39, 0.29) is 18.6 Å². The van der Waals surface area contributed by atoms with Crippen molar-refractivity contribution >= 4 is 43.5 Å². The fourth-order valence-corrected chi connectivity index (χ4v) is 4.97. The molecule has 0 radical (unpaired) electrons. The standard InChI is InChI=1S/C31H22Br2N4O3/c32-24-12-6-20(7-13-24)27-18-28(21-8-14-25(33)15-9-21)37(36-27)29(38)19-39-26-16-10-23(11-17-26)31-35-34-30(40-31)22-4-2-1-3-5-22/h1-17,28H,18-19H2. The van der Waals surface area contributed by atoms with E-state index in [1.54, 1.807) is 17.1 Å². The van der Waals surface area contributed by atoms with Crippen molar-refractivity contribution in [2.24, 2.45) is 5.10 Å². The van der Waals surface area contributed by atoms with Gasteiger partial charge in [0.15, 0.2) is 6.61 Å². The van der Waals surface area contributed by atoms with Crippen LogP contribution in [-0.2, 0) is 4.79 Å². The molecule has 1 amide bonds. The van der Waals surface area contributed by atoms with E-state index in [4.69, 9.17) is 14.3 Å². The van der Waals surface area contributed by atoms with Gasteiger partial charge < -0.3 is 9.15 Å². The van der Waals surface area contributed by atoms with E-state index in [0.29, 0.717) is 24.0 Å². The Balaban J connectivity index is 1.16. The fourth-order valence-electron chi connectivity index (χ4n) is 4.44. The lowest BCUT2D eigenvalue weighted by atomic mass is 9.98. The van der Waals surface area contributed by atoms with Crippen LogP contribution in [0.15, 0.2) is 122 Å². The third-order valence-corrected chi connectivity index (χ3v) is 7.56. The number of hydrogen-bond donors (Lipinski definition) is 0. The smallest absolute Gasteiger partial charge is 0.281 e. The highest BCUT2D eigenvalue weighted by atomic mass is 79.9. The number of nitrogens with zero attached hydrogens (tertiary/aromatic N) is 4. The molecule has 6 rings (SSSR count). The van der Waals surface area contributed by atoms with Crippen LogP contribution in [0.3, 0.4) is 0 Å². The molecule has 0 N–H and O–H groups in total. The second-order valence-electron chi connectivity index (χ2n) is 9.15. The highest BCUT2D eigenvalue weighted by Crippen LogP contribution is 2.34. The van der Waals surface area contributed by atoms with Crippen molar-refractivity contribution in [3.05, 3.63) is 123 Å². The van der Waals surface area contributed by atoms with Gasteiger partial charge in [-0.15, -0.1) is 10.2 Å². The van der Waals surface area contributed by atoms with Crippen LogP contribution in [-0.4, -0.2) is 33.4 Å². The summed E-state index contributed by atoms with van der Waals surface area (Å²) in [7, 11) is 0. The van der Waals surface area contributed by atoms with E-state index in [1.165, 1.54) is 0 Å². The maximum atomic E-state index is 13.4. The van der Waals surface area contributed by atoms with Crippen molar-refractivity contribution in [2.75, 3.05) is 6.61 Å². The van der Waals surface area contributed by atoms with Crippen LogP contribution < -0.4 is 4.74 Å². The molecule has 2 heterocycles. The zero-order valence-corrected chi connectivity index (χ0v) is 24.2. The predicted molar refractivity (Wildman–Crippen MR) is 160 cm³/mol. The molecule has 7 nitrogen and oxygen atoms in total. The molecule has 1 aliphatic heterocycles. The number of halogens is 2. The van der Waals surface area contributed by atoms with Crippen molar-refractivity contribution in [1.82, 2.24) is 15.2 Å². The molecule has 0 spiro atoms. The fraction of sp³-hybridized carbons (Fsp3) is 0.0968. The highest BCUT2D eigenvalue weighted by molar-refractivity contribution is 9.10. The highest BCUT2D eigenvalue weighted by Gasteiger charge is 2.33. The number of ether oxygens (including phenoxy) is 1. The molecule has 0 fully saturated rings. The molecule has 1 unspecified atom stereocenters. The zero-order valence-electron chi connectivity index (χ0n) is 21.1. The molecule has 9 heteroatoms. The second kappa shape index (κ2) is 11.6. The largest absolute Gasteiger partial charge is 0.484 e. The van der Waals surface area contributed by atoms with Crippen molar-refractivity contribution in [3.8, 4) is 28.7 Å². The van der Waals surface area contributed by atoms with Gasteiger partial charge in [-0.3, -0.25) is 4.79 Å². The number of hydrogen-bond acceptors (Lipinski definition) is 6. The number of carbonyl (C=O) groups excluding carboxylic acids is 1. The molecule has 0 aliphatic carbocycles. The number of amides is 1. The molecule has 40 heavy (non-hydrogen) atoms. The van der Waals surface area contributed by atoms with E-state index in [0.717, 1.165) is 36.9 Å². The number of aromatic nitrogens is 2. The Morgan fingerprint density at radius 2 is 1.35 bits per heavy atom. The Morgan fingerprint density at radius 1 is 0.775 bits per heavy atom. The lowest BCUT2D eigenvalue weighted by molar-refractivity contribution is -0.135. The van der Waals surface area contributed by atoms with Gasteiger partial charge in [-0.05, 0) is 71.8 Å². The minimum absolute atomic E-state index is 0.151. The lowest BCUT2D eigenvalue weighted by Gasteiger charge is -2.22. The molecule has 1 atom stereocenters. The van der Waals surface area contributed by atoms with Gasteiger partial charge in [0, 0.05) is 26.5 Å². The summed E-state index contributed by atoms with van der Waals surface area (Å²) in [5, 5.41) is 14.6. The van der Waals surface area contributed by atoms with Gasteiger partial charge in [-0.2, -0.15) is 5.10 Å². The van der Waals surface area contributed by atoms with Gasteiger partial charge in [0.05, 0.1) is 11.8 Å². The minimum Gasteiger partial charge on any atom is -0.484 e. The summed E-state index contributed by atoms with van der Waals surface area (Å²) in [6.45, 7) is -0.151. The van der Waals surface area contributed by atoms with Crippen LogP contribution in [0.25, 0.3) is 22.9 Å². The minimum atomic E-state index is -0.228. The Kier molecular flexibility index (Phi) is 7.57. The molecule has 0 saturated heterocycles. The summed E-state index contributed by atoms with van der Waals surface area (Å²) in [5.41, 5.74) is 4.45. The first-order valence-corrected chi connectivity index (χ1v) is 14.2. The third kappa shape index (κ3) is 5.76. The van der Waals surface area contributed by atoms with E-state index >= 15 is 0 Å². The van der Waals surface area contributed by atoms with E-state index in [9.17, 15) is 4.79 Å². The molecule has 1 aliphatic rings. The molecular weight excluding hydrogens is 636 g/mol. The van der Waals surface area contributed by atoms with Crippen LogP contribution in [0.1, 0.15) is 23.6 Å². The summed E-state index contributed by atoms with van der Waals surface area (Å²) in [6.07, 6.45) is 0.610. The maximum absolute atomic E-state index is 13.4. The molecule has 0 saturated carbocycles. The molecular formula is C31H22Br2N4O3. The Hall–Kier alpha value is -4.08. The SMILES string of the molecule is O=C(COc1ccc(-c2nnc(-c3ccccc3)o2)cc1)N1N=C(c2ccc(Br)cc2)CC1c1ccc(Br)cc1. The Morgan fingerprint density at radius 3 is 2.00 bits per heavy atom. The molecule has 198 valence electrons. The first-order valence-electron chi connectivity index (χ1n) is 12.6. The Bertz CT molecular complexity index is 1650. The average Bonchev–Trinajstić information content (AvgIpc) is 3.66. The normalized spacial score (nSPS) is 14.7. The maximum Gasteiger partial charge on any atom is 0.281 e. The lowest BCUT2D eigenvalue weighted by Crippen LogP contribution is -2.31. The molecule has 4 aromatic carbocycles. The average molecular weight is 658 g/mol. The van der Waals surface area contributed by atoms with Gasteiger partial charge in [-0.1, -0.05) is 74.3 Å². The quantitative estimate of drug-likeness (QED) is 0.179. The first-order chi connectivity index (χ1) is 19.5. The number of carbonyl (C=O) groups is 1. The van der Waals surface area contributed by atoms with Crippen LogP contribution >= 0.6 is 31.9 Å². The predicted octanol–water partition coefficient (Wildman–Crippen LogP) is 7.69. The van der Waals surface area contributed by atoms with Crippen molar-refractivity contribution in [2.45, 2.75) is 12.5 Å². The van der Waals surface area contributed by atoms with E-state index < -0.39 is 0 Å². The van der Waals surface area contributed by atoms with Crippen molar-refractivity contribution < 1.29 is 13.9 Å². The van der Waals surface area contributed by atoms with E-state index in [2.05, 4.69) is 42.1 Å². The summed E-state index contributed by atoms with van der Waals surface area (Å²) in [5.74, 6) is 1.19. The van der Waals surface area contributed by atoms with Gasteiger partial charge >= 0.3 is 0 Å². The first kappa shape index (κ1) is 26.2. The summed E-state index contributed by atoms with van der Waals surface area (Å²) in [6, 6.07) is 32.5. The molecule has 0 bridgehead atoms.